The van der Waals surface area contributed by atoms with Crippen molar-refractivity contribution in [3.63, 3.8) is 0 Å². The molecule has 8 nitrogen and oxygen atoms in total. The Bertz CT molecular complexity index is 1300. The average molecular weight is 547 g/mol. The topological polar surface area (TPSA) is 93.0 Å². The minimum atomic E-state index is -3.74. The van der Waals surface area contributed by atoms with E-state index in [0.29, 0.717) is 18.0 Å². The number of amides is 1. The lowest BCUT2D eigenvalue weighted by Crippen LogP contribution is -2.39. The van der Waals surface area contributed by atoms with E-state index in [-0.39, 0.29) is 0 Å². The normalized spacial score (nSPS) is 11.6. The minimum absolute atomic E-state index is 0.295. The van der Waals surface area contributed by atoms with Crippen molar-refractivity contribution in [1.29, 1.82) is 0 Å². The fourth-order valence-corrected chi connectivity index (χ4v) is 4.69. The van der Waals surface area contributed by atoms with Crippen LogP contribution in [0, 0.1) is 13.8 Å². The lowest BCUT2D eigenvalue weighted by Gasteiger charge is -2.23. The number of aryl methyl sites for hydroxylation is 1. The second-order valence-electron chi connectivity index (χ2n) is 7.60. The third kappa shape index (κ3) is 6.06. The smallest absolute Gasteiger partial charge is 0.260 e. The van der Waals surface area contributed by atoms with Gasteiger partial charge in [-0.1, -0.05) is 28.1 Å². The summed E-state index contributed by atoms with van der Waals surface area (Å²) < 4.78 is 34.4. The van der Waals surface area contributed by atoms with Crippen LogP contribution in [0.1, 0.15) is 23.9 Å². The summed E-state index contributed by atoms with van der Waals surface area (Å²) in [5.41, 5.74) is 6.55. The van der Waals surface area contributed by atoms with Crippen LogP contribution in [0.4, 0.5) is 5.69 Å². The van der Waals surface area contributed by atoms with Crippen molar-refractivity contribution in [3.8, 4) is 11.4 Å². The Hall–Kier alpha value is -3.11. The molecule has 0 radical (unpaired) electrons. The number of nitrogens with zero attached hydrogens (tertiary/aromatic N) is 3. The highest BCUT2D eigenvalue weighted by Gasteiger charge is 2.23. The molecule has 0 aliphatic carbocycles. The Morgan fingerprint density at radius 3 is 2.50 bits per heavy atom. The van der Waals surface area contributed by atoms with Crippen molar-refractivity contribution in [2.75, 3.05) is 23.7 Å². The zero-order chi connectivity index (χ0) is 24.9. The summed E-state index contributed by atoms with van der Waals surface area (Å²) in [4.78, 5) is 12.6. The van der Waals surface area contributed by atoms with Gasteiger partial charge in [-0.15, -0.1) is 0 Å². The number of hydrogen-bond acceptors (Lipinski definition) is 5. The predicted molar refractivity (Wildman–Crippen MR) is 138 cm³/mol. The number of hydrazone groups is 1. The van der Waals surface area contributed by atoms with E-state index in [0.717, 1.165) is 37.7 Å². The molecule has 0 bridgehead atoms. The Labute approximate surface area is 208 Å². The molecule has 0 saturated carbocycles. The molecule has 180 valence electrons. The van der Waals surface area contributed by atoms with Crippen LogP contribution in [0.15, 0.2) is 64.2 Å². The number of rotatable bonds is 9. The van der Waals surface area contributed by atoms with Crippen molar-refractivity contribution in [1.82, 2.24) is 9.99 Å². The summed E-state index contributed by atoms with van der Waals surface area (Å²) >= 11 is 3.44. The number of halogens is 1. The van der Waals surface area contributed by atoms with Crippen molar-refractivity contribution in [2.24, 2.45) is 5.10 Å². The zero-order valence-corrected chi connectivity index (χ0v) is 21.9. The Morgan fingerprint density at radius 2 is 1.85 bits per heavy atom. The Kier molecular flexibility index (Phi) is 8.16. The molecule has 3 rings (SSSR count). The Balaban J connectivity index is 1.76. The average Bonchev–Trinajstić information content (AvgIpc) is 3.06. The first-order valence-electron chi connectivity index (χ1n) is 10.6. The molecule has 10 heteroatoms. The van der Waals surface area contributed by atoms with Crippen LogP contribution >= 0.6 is 15.9 Å². The highest BCUT2D eigenvalue weighted by molar-refractivity contribution is 9.10. The molecule has 0 aliphatic heterocycles. The number of hydrogen-bond donors (Lipinski definition) is 1. The summed E-state index contributed by atoms with van der Waals surface area (Å²) in [6.07, 6.45) is 2.60. The molecule has 0 spiro atoms. The maximum atomic E-state index is 12.6. The third-order valence-electron chi connectivity index (χ3n) is 5.07. The van der Waals surface area contributed by atoms with Gasteiger partial charge in [0.25, 0.3) is 5.91 Å². The molecule has 1 N–H and O–H groups in total. The summed E-state index contributed by atoms with van der Waals surface area (Å²) in [7, 11) is -3.74. The standard InChI is InChI=1S/C24H27BrN4O4S/c1-5-33-23-9-7-6-8-22(23)28(34(4,31)32)16-24(30)27-26-15-19-14-17(2)29(18(19)3)21-12-10-20(25)11-13-21/h6-15H,5,16H2,1-4H3,(H,27,30)/b26-15-. The molecule has 3 aromatic rings. The first kappa shape index (κ1) is 25.5. The van der Waals surface area contributed by atoms with Crippen molar-refractivity contribution in [3.05, 3.63) is 76.0 Å². The van der Waals surface area contributed by atoms with Gasteiger partial charge in [0.2, 0.25) is 10.0 Å². The van der Waals surface area contributed by atoms with E-state index in [9.17, 15) is 13.2 Å². The van der Waals surface area contributed by atoms with Gasteiger partial charge in [0.05, 0.1) is 24.8 Å². The summed E-state index contributed by atoms with van der Waals surface area (Å²) in [5, 5.41) is 4.05. The number of sulfonamides is 1. The van der Waals surface area contributed by atoms with Crippen LogP contribution in [0.5, 0.6) is 5.75 Å². The molecule has 0 unspecified atom stereocenters. The van der Waals surface area contributed by atoms with E-state index in [1.165, 1.54) is 0 Å². The molecule has 2 aromatic carbocycles. The predicted octanol–water partition coefficient (Wildman–Crippen LogP) is 4.17. The largest absolute Gasteiger partial charge is 0.492 e. The molecule has 1 amide bonds. The maximum Gasteiger partial charge on any atom is 0.260 e. The third-order valence-corrected chi connectivity index (χ3v) is 6.72. The first-order chi connectivity index (χ1) is 16.1. The fourth-order valence-electron chi connectivity index (χ4n) is 3.57. The number of para-hydroxylation sites is 2. The van der Waals surface area contributed by atoms with Gasteiger partial charge in [0.15, 0.2) is 0 Å². The maximum absolute atomic E-state index is 12.6. The zero-order valence-electron chi connectivity index (χ0n) is 19.4. The minimum Gasteiger partial charge on any atom is -0.492 e. The highest BCUT2D eigenvalue weighted by atomic mass is 79.9. The number of carbonyl (C=O) groups is 1. The van der Waals surface area contributed by atoms with E-state index >= 15 is 0 Å². The van der Waals surface area contributed by atoms with Gasteiger partial charge in [-0.3, -0.25) is 9.10 Å². The molecule has 1 heterocycles. The van der Waals surface area contributed by atoms with Crippen molar-refractivity contribution >= 4 is 43.8 Å². The highest BCUT2D eigenvalue weighted by Crippen LogP contribution is 2.29. The lowest BCUT2D eigenvalue weighted by atomic mass is 10.2. The van der Waals surface area contributed by atoms with E-state index < -0.39 is 22.5 Å². The molecule has 1 aromatic heterocycles. The van der Waals surface area contributed by atoms with Crippen LogP contribution < -0.4 is 14.5 Å². The van der Waals surface area contributed by atoms with Gasteiger partial charge in [0.1, 0.15) is 12.3 Å². The van der Waals surface area contributed by atoms with E-state index in [1.807, 2.05) is 44.2 Å². The molecular weight excluding hydrogens is 520 g/mol. The van der Waals surface area contributed by atoms with E-state index in [1.54, 1.807) is 37.4 Å². The number of carbonyl (C=O) groups excluding carboxylic acids is 1. The number of nitrogens with one attached hydrogen (secondary N) is 1. The van der Waals surface area contributed by atoms with Gasteiger partial charge in [0, 0.05) is 27.1 Å². The number of aromatic nitrogens is 1. The Morgan fingerprint density at radius 1 is 1.18 bits per heavy atom. The second kappa shape index (κ2) is 10.9. The lowest BCUT2D eigenvalue weighted by molar-refractivity contribution is -0.119. The molecule has 0 fully saturated rings. The quantitative estimate of drug-likeness (QED) is 0.322. The van der Waals surface area contributed by atoms with Crippen LogP contribution in [0.25, 0.3) is 5.69 Å². The number of benzene rings is 2. The molecular formula is C24H27BrN4O4S. The van der Waals surface area contributed by atoms with Gasteiger partial charge in [-0.2, -0.15) is 5.10 Å². The first-order valence-corrected chi connectivity index (χ1v) is 13.2. The molecule has 0 saturated heterocycles. The number of anilines is 1. The molecule has 34 heavy (non-hydrogen) atoms. The fraction of sp³-hybridized carbons (Fsp3) is 0.250. The van der Waals surface area contributed by atoms with Gasteiger partial charge in [-0.25, -0.2) is 13.8 Å². The number of ether oxygens (including phenoxy) is 1. The summed E-state index contributed by atoms with van der Waals surface area (Å²) in [6, 6.07) is 16.6. The van der Waals surface area contributed by atoms with Gasteiger partial charge >= 0.3 is 0 Å². The molecule has 0 atom stereocenters. The van der Waals surface area contributed by atoms with Crippen LogP contribution in [-0.4, -0.2) is 44.5 Å². The van der Waals surface area contributed by atoms with E-state index in [2.05, 4.69) is 31.0 Å². The van der Waals surface area contributed by atoms with Gasteiger partial charge < -0.3 is 9.30 Å². The summed E-state index contributed by atoms with van der Waals surface area (Å²) in [6.45, 7) is 5.69. The summed E-state index contributed by atoms with van der Waals surface area (Å²) in [5.74, 6) is -0.193. The SMILES string of the molecule is CCOc1ccccc1N(CC(=O)N/N=C\c1cc(C)n(-c2ccc(Br)cc2)c1C)S(C)(=O)=O. The van der Waals surface area contributed by atoms with Crippen molar-refractivity contribution < 1.29 is 17.9 Å². The second-order valence-corrected chi connectivity index (χ2v) is 10.4. The monoisotopic (exact) mass is 546 g/mol. The van der Waals surface area contributed by atoms with Crippen LogP contribution in [0.3, 0.4) is 0 Å². The van der Waals surface area contributed by atoms with Crippen LogP contribution in [-0.2, 0) is 14.8 Å². The van der Waals surface area contributed by atoms with Crippen LogP contribution in [0.2, 0.25) is 0 Å². The van der Waals surface area contributed by atoms with Gasteiger partial charge in [-0.05, 0) is 63.2 Å². The molecule has 0 aliphatic rings. The van der Waals surface area contributed by atoms with E-state index in [4.69, 9.17) is 4.74 Å². The van der Waals surface area contributed by atoms with Crippen molar-refractivity contribution in [2.45, 2.75) is 20.8 Å².